The first-order valence-electron chi connectivity index (χ1n) is 5.02. The minimum atomic E-state index is -2.94. The van der Waals surface area contributed by atoms with E-state index < -0.39 is 9.84 Å². The number of rotatable bonds is 6. The molecule has 5 heteroatoms. The smallest absolute Gasteiger partial charge is 0.153 e. The molecule has 0 aliphatic heterocycles. The maximum absolute atomic E-state index is 11.6. The van der Waals surface area contributed by atoms with Gasteiger partial charge in [-0.15, -0.1) is 0 Å². The first-order chi connectivity index (χ1) is 6.52. The molecular formula is C9H19NO3S. The molecule has 0 amide bonds. The lowest BCUT2D eigenvalue weighted by atomic mass is 10.1. The Kier molecular flexibility index (Phi) is 3.55. The number of nitrogens with two attached hydrogens (primary N) is 1. The van der Waals surface area contributed by atoms with Crippen LogP contribution in [0.4, 0.5) is 0 Å². The molecule has 0 radical (unpaired) electrons. The van der Waals surface area contributed by atoms with Gasteiger partial charge in [-0.2, -0.15) is 0 Å². The summed E-state index contributed by atoms with van der Waals surface area (Å²) in [4.78, 5) is 0. The topological polar surface area (TPSA) is 69.4 Å². The molecule has 2 N–H and O–H groups in total. The zero-order valence-corrected chi connectivity index (χ0v) is 9.64. The van der Waals surface area contributed by atoms with Crippen molar-refractivity contribution in [2.75, 3.05) is 25.5 Å². The summed E-state index contributed by atoms with van der Waals surface area (Å²) < 4.78 is 28.5. The molecule has 2 atom stereocenters. The van der Waals surface area contributed by atoms with Crippen LogP contribution in [0.5, 0.6) is 0 Å². The van der Waals surface area contributed by atoms with Gasteiger partial charge >= 0.3 is 0 Å². The molecule has 1 fully saturated rings. The number of sulfone groups is 1. The summed E-state index contributed by atoms with van der Waals surface area (Å²) in [6, 6.07) is 0. The Morgan fingerprint density at radius 1 is 1.50 bits per heavy atom. The Labute approximate surface area is 85.7 Å². The van der Waals surface area contributed by atoms with Crippen molar-refractivity contribution < 1.29 is 13.2 Å². The minimum absolute atomic E-state index is 0.200. The molecule has 1 aliphatic rings. The van der Waals surface area contributed by atoms with Gasteiger partial charge in [0.15, 0.2) is 9.84 Å². The van der Waals surface area contributed by atoms with Crippen molar-refractivity contribution in [1.29, 1.82) is 0 Å². The third-order valence-electron chi connectivity index (χ3n) is 2.95. The van der Waals surface area contributed by atoms with Gasteiger partial charge < -0.3 is 10.5 Å². The Morgan fingerprint density at radius 3 is 2.57 bits per heavy atom. The van der Waals surface area contributed by atoms with Crippen LogP contribution in [0, 0.1) is 5.41 Å². The van der Waals surface area contributed by atoms with Gasteiger partial charge in [0.05, 0.1) is 11.9 Å². The summed E-state index contributed by atoms with van der Waals surface area (Å²) in [6.07, 6.45) is 0.666. The van der Waals surface area contributed by atoms with Crippen LogP contribution in [0.15, 0.2) is 0 Å². The summed E-state index contributed by atoms with van der Waals surface area (Å²) in [7, 11) is -2.94. The molecule has 0 aromatic heterocycles. The van der Waals surface area contributed by atoms with E-state index in [2.05, 4.69) is 0 Å². The molecule has 0 saturated heterocycles. The third kappa shape index (κ3) is 2.10. The molecule has 0 aromatic rings. The van der Waals surface area contributed by atoms with Crippen molar-refractivity contribution in [2.45, 2.75) is 25.5 Å². The molecule has 1 saturated carbocycles. The van der Waals surface area contributed by atoms with E-state index in [0.29, 0.717) is 26.2 Å². The highest BCUT2D eigenvalue weighted by atomic mass is 32.2. The molecule has 0 aromatic carbocycles. The molecule has 84 valence electrons. The summed E-state index contributed by atoms with van der Waals surface area (Å²) in [5.74, 6) is 0.200. The Morgan fingerprint density at radius 2 is 2.14 bits per heavy atom. The van der Waals surface area contributed by atoms with Crippen LogP contribution in [-0.2, 0) is 14.6 Å². The number of hydrogen-bond donors (Lipinski definition) is 1. The van der Waals surface area contributed by atoms with Gasteiger partial charge in [0, 0.05) is 24.3 Å². The highest BCUT2D eigenvalue weighted by molar-refractivity contribution is 7.92. The fraction of sp³-hybridized carbons (Fsp3) is 1.00. The van der Waals surface area contributed by atoms with E-state index in [9.17, 15) is 8.42 Å². The molecular weight excluding hydrogens is 202 g/mol. The van der Waals surface area contributed by atoms with Gasteiger partial charge in [-0.1, -0.05) is 6.92 Å². The van der Waals surface area contributed by atoms with Gasteiger partial charge in [-0.05, 0) is 13.3 Å². The van der Waals surface area contributed by atoms with E-state index in [4.69, 9.17) is 10.5 Å². The molecule has 0 spiro atoms. The average Bonchev–Trinajstić information content (AvgIpc) is 2.91. The molecule has 0 bridgehead atoms. The summed E-state index contributed by atoms with van der Waals surface area (Å²) in [5.41, 5.74) is 5.32. The Hall–Kier alpha value is -0.130. The van der Waals surface area contributed by atoms with Crippen LogP contribution in [0.1, 0.15) is 20.3 Å². The SMILES string of the molecule is CCOC[C@]1(CN)C[C@@H]1S(=O)(=O)CC. The van der Waals surface area contributed by atoms with Gasteiger partial charge in [-0.25, -0.2) is 8.42 Å². The highest BCUT2D eigenvalue weighted by Crippen LogP contribution is 2.50. The Bertz CT molecular complexity index is 288. The van der Waals surface area contributed by atoms with Gasteiger partial charge in [0.25, 0.3) is 0 Å². The normalized spacial score (nSPS) is 31.8. The van der Waals surface area contributed by atoms with Crippen LogP contribution in [0.25, 0.3) is 0 Å². The van der Waals surface area contributed by atoms with Crippen molar-refractivity contribution in [3.05, 3.63) is 0 Å². The van der Waals surface area contributed by atoms with Crippen molar-refractivity contribution in [2.24, 2.45) is 11.1 Å². The quantitative estimate of drug-likeness (QED) is 0.694. The van der Waals surface area contributed by atoms with E-state index in [-0.39, 0.29) is 16.4 Å². The maximum Gasteiger partial charge on any atom is 0.153 e. The summed E-state index contributed by atoms with van der Waals surface area (Å²) >= 11 is 0. The Balaban J connectivity index is 2.63. The zero-order chi connectivity index (χ0) is 10.8. The van der Waals surface area contributed by atoms with E-state index in [1.54, 1.807) is 6.92 Å². The second-order valence-corrected chi connectivity index (χ2v) is 6.32. The fourth-order valence-electron chi connectivity index (χ4n) is 1.75. The van der Waals surface area contributed by atoms with Gasteiger partial charge in [0.1, 0.15) is 0 Å². The number of hydrogen-bond acceptors (Lipinski definition) is 4. The molecule has 1 aliphatic carbocycles. The molecule has 0 heterocycles. The summed E-state index contributed by atoms with van der Waals surface area (Å²) in [6.45, 7) is 5.06. The van der Waals surface area contributed by atoms with Crippen molar-refractivity contribution in [1.82, 2.24) is 0 Å². The minimum Gasteiger partial charge on any atom is -0.381 e. The van der Waals surface area contributed by atoms with E-state index >= 15 is 0 Å². The second kappa shape index (κ2) is 4.16. The molecule has 0 unspecified atom stereocenters. The predicted molar refractivity (Wildman–Crippen MR) is 55.8 cm³/mol. The van der Waals surface area contributed by atoms with Crippen LogP contribution in [0.2, 0.25) is 0 Å². The van der Waals surface area contributed by atoms with Crippen molar-refractivity contribution >= 4 is 9.84 Å². The van der Waals surface area contributed by atoms with E-state index in [1.165, 1.54) is 0 Å². The number of ether oxygens (including phenoxy) is 1. The summed E-state index contributed by atoms with van der Waals surface area (Å²) in [5, 5.41) is -0.267. The first-order valence-corrected chi connectivity index (χ1v) is 6.73. The van der Waals surface area contributed by atoms with E-state index in [1.807, 2.05) is 6.92 Å². The van der Waals surface area contributed by atoms with Crippen LogP contribution >= 0.6 is 0 Å². The molecule has 4 nitrogen and oxygen atoms in total. The molecule has 1 rings (SSSR count). The van der Waals surface area contributed by atoms with Crippen LogP contribution < -0.4 is 5.73 Å². The zero-order valence-electron chi connectivity index (χ0n) is 8.82. The largest absolute Gasteiger partial charge is 0.381 e. The lowest BCUT2D eigenvalue weighted by Crippen LogP contribution is -2.29. The fourth-order valence-corrected chi connectivity index (χ4v) is 3.66. The van der Waals surface area contributed by atoms with Crippen molar-refractivity contribution in [3.8, 4) is 0 Å². The van der Waals surface area contributed by atoms with Crippen LogP contribution in [-0.4, -0.2) is 39.2 Å². The standard InChI is InChI=1S/C9H19NO3S/c1-3-13-7-9(6-10)5-8(9)14(11,12)4-2/h8H,3-7,10H2,1-2H3/t8-,9+/m0/s1. The lowest BCUT2D eigenvalue weighted by molar-refractivity contribution is 0.104. The van der Waals surface area contributed by atoms with E-state index in [0.717, 1.165) is 0 Å². The van der Waals surface area contributed by atoms with Gasteiger partial charge in [0.2, 0.25) is 0 Å². The highest BCUT2D eigenvalue weighted by Gasteiger charge is 2.59. The predicted octanol–water partition coefficient (Wildman–Crippen LogP) is 0.175. The first kappa shape index (κ1) is 11.9. The van der Waals surface area contributed by atoms with Gasteiger partial charge in [-0.3, -0.25) is 0 Å². The third-order valence-corrected chi connectivity index (χ3v) is 5.29. The molecule has 14 heavy (non-hydrogen) atoms. The second-order valence-electron chi connectivity index (χ2n) is 3.85. The van der Waals surface area contributed by atoms with Crippen molar-refractivity contribution in [3.63, 3.8) is 0 Å². The monoisotopic (exact) mass is 221 g/mol. The average molecular weight is 221 g/mol. The maximum atomic E-state index is 11.6. The van der Waals surface area contributed by atoms with Crippen LogP contribution in [0.3, 0.4) is 0 Å². The lowest BCUT2D eigenvalue weighted by Gasteiger charge is -2.14.